The van der Waals surface area contributed by atoms with Crippen molar-refractivity contribution in [2.75, 3.05) is 13.2 Å². The molecule has 0 saturated carbocycles. The Morgan fingerprint density at radius 3 is 2.61 bits per heavy atom. The van der Waals surface area contributed by atoms with Crippen LogP contribution in [0.5, 0.6) is 11.5 Å². The number of nitrogens with zero attached hydrogens (tertiary/aromatic N) is 2. The molecule has 0 bridgehead atoms. The molecule has 150 valence electrons. The Morgan fingerprint density at radius 1 is 1.29 bits per heavy atom. The minimum Gasteiger partial charge on any atom is -0.492 e. The third-order valence-electron chi connectivity index (χ3n) is 3.44. The van der Waals surface area contributed by atoms with E-state index in [-0.39, 0.29) is 39.8 Å². The minimum absolute atomic E-state index is 0.0521. The molecule has 2 aromatic rings. The van der Waals surface area contributed by atoms with Crippen molar-refractivity contribution < 1.29 is 17.3 Å². The van der Waals surface area contributed by atoms with Crippen molar-refractivity contribution in [2.45, 2.75) is 11.8 Å². The summed E-state index contributed by atoms with van der Waals surface area (Å²) in [6.45, 7) is 5.39. The highest BCUT2D eigenvalue weighted by molar-refractivity contribution is 7.87. The van der Waals surface area contributed by atoms with E-state index in [9.17, 15) is 8.42 Å². The van der Waals surface area contributed by atoms with Crippen LogP contribution < -0.4 is 14.7 Å². The maximum absolute atomic E-state index is 12.5. The molecule has 8 nitrogen and oxygen atoms in total. The molecule has 0 aromatic heterocycles. The molecular formula is C17H18Cl2N4O4S. The zero-order valence-corrected chi connectivity index (χ0v) is 17.2. The van der Waals surface area contributed by atoms with Gasteiger partial charge in [-0.1, -0.05) is 29.3 Å². The first-order valence-corrected chi connectivity index (χ1v) is 10.0. The summed E-state index contributed by atoms with van der Waals surface area (Å²) in [6, 6.07) is 8.90. The molecule has 0 atom stereocenters. The van der Waals surface area contributed by atoms with Gasteiger partial charge in [0.1, 0.15) is 23.0 Å². The molecule has 2 rings (SSSR count). The molecule has 0 aliphatic carbocycles. The van der Waals surface area contributed by atoms with Crippen LogP contribution in [-0.2, 0) is 10.1 Å². The Bertz CT molecular complexity index is 999. The van der Waals surface area contributed by atoms with Gasteiger partial charge >= 0.3 is 10.1 Å². The lowest BCUT2D eigenvalue weighted by Crippen LogP contribution is -2.34. The van der Waals surface area contributed by atoms with Crippen molar-refractivity contribution in [2.24, 2.45) is 10.8 Å². The molecule has 28 heavy (non-hydrogen) atoms. The van der Waals surface area contributed by atoms with Gasteiger partial charge in [-0.3, -0.25) is 5.41 Å². The van der Waals surface area contributed by atoms with E-state index in [1.165, 1.54) is 30.3 Å². The first kappa shape index (κ1) is 21.8. The highest BCUT2D eigenvalue weighted by Crippen LogP contribution is 2.32. The average Bonchev–Trinajstić information content (AvgIpc) is 2.59. The first-order valence-electron chi connectivity index (χ1n) is 7.85. The number of nitrogens with two attached hydrogens (primary N) is 1. The van der Waals surface area contributed by atoms with Gasteiger partial charge in [0, 0.05) is 12.8 Å². The maximum Gasteiger partial charge on any atom is 0.340 e. The topological polar surface area (TPSA) is 118 Å². The lowest BCUT2D eigenvalue weighted by molar-refractivity contribution is 0.271. The number of guanidine groups is 1. The number of halogens is 2. The zero-order chi connectivity index (χ0) is 20.9. The van der Waals surface area contributed by atoms with Crippen LogP contribution in [0.2, 0.25) is 10.0 Å². The van der Waals surface area contributed by atoms with Crippen LogP contribution in [0.15, 0.2) is 46.4 Å². The van der Waals surface area contributed by atoms with E-state index in [4.69, 9.17) is 43.3 Å². The van der Waals surface area contributed by atoms with Gasteiger partial charge in [-0.05, 0) is 36.8 Å². The van der Waals surface area contributed by atoms with E-state index in [1.54, 1.807) is 13.0 Å². The molecule has 3 N–H and O–H groups in total. The van der Waals surface area contributed by atoms with Crippen LogP contribution >= 0.6 is 23.2 Å². The van der Waals surface area contributed by atoms with Crippen LogP contribution in [0.25, 0.3) is 0 Å². The van der Waals surface area contributed by atoms with Gasteiger partial charge in [-0.15, -0.1) is 0 Å². The lowest BCUT2D eigenvalue weighted by atomic mass is 10.2. The number of hydrogen-bond acceptors (Lipinski definition) is 6. The molecule has 0 unspecified atom stereocenters. The van der Waals surface area contributed by atoms with Crippen molar-refractivity contribution in [3.8, 4) is 11.5 Å². The predicted molar refractivity (Wildman–Crippen MR) is 109 cm³/mol. The van der Waals surface area contributed by atoms with E-state index in [0.717, 1.165) is 5.01 Å². The molecule has 0 heterocycles. The highest BCUT2D eigenvalue weighted by Gasteiger charge is 2.22. The smallest absolute Gasteiger partial charge is 0.340 e. The molecule has 0 radical (unpaired) electrons. The van der Waals surface area contributed by atoms with Crippen molar-refractivity contribution in [1.29, 1.82) is 5.41 Å². The molecule has 0 aliphatic rings. The lowest BCUT2D eigenvalue weighted by Gasteiger charge is -2.16. The SMILES string of the molecule is C=NN(CCOc1cc(C)cc(OS(=O)(=O)c2cccc(Cl)c2Cl)c1)C(=N)N. The fourth-order valence-corrected chi connectivity index (χ4v) is 3.87. The fourth-order valence-electron chi connectivity index (χ4n) is 2.21. The van der Waals surface area contributed by atoms with Gasteiger partial charge in [0.25, 0.3) is 0 Å². The second kappa shape index (κ2) is 9.13. The monoisotopic (exact) mass is 444 g/mol. The van der Waals surface area contributed by atoms with E-state index in [0.29, 0.717) is 11.3 Å². The summed E-state index contributed by atoms with van der Waals surface area (Å²) < 4.78 is 35.8. The van der Waals surface area contributed by atoms with Crippen LogP contribution in [0.1, 0.15) is 5.56 Å². The van der Waals surface area contributed by atoms with Gasteiger partial charge in [0.2, 0.25) is 5.96 Å². The molecule has 0 saturated heterocycles. The number of rotatable bonds is 8. The van der Waals surface area contributed by atoms with Crippen LogP contribution in [0.4, 0.5) is 0 Å². The van der Waals surface area contributed by atoms with Crippen LogP contribution in [0, 0.1) is 12.3 Å². The van der Waals surface area contributed by atoms with Crippen molar-refractivity contribution >= 4 is 46.0 Å². The van der Waals surface area contributed by atoms with Gasteiger partial charge < -0.3 is 14.7 Å². The summed E-state index contributed by atoms with van der Waals surface area (Å²) >= 11 is 11.9. The Morgan fingerprint density at radius 2 is 1.96 bits per heavy atom. The quantitative estimate of drug-likeness (QED) is 0.279. The van der Waals surface area contributed by atoms with Crippen molar-refractivity contribution in [3.63, 3.8) is 0 Å². The highest BCUT2D eigenvalue weighted by atomic mass is 35.5. The van der Waals surface area contributed by atoms with Gasteiger partial charge in [0.15, 0.2) is 0 Å². The number of hydrogen-bond donors (Lipinski definition) is 2. The number of hydrazone groups is 1. The van der Waals surface area contributed by atoms with Gasteiger partial charge in [-0.25, -0.2) is 5.01 Å². The molecule has 2 aromatic carbocycles. The molecule has 0 fully saturated rings. The van der Waals surface area contributed by atoms with E-state index in [1.807, 2.05) is 0 Å². The number of ether oxygens (including phenoxy) is 1. The predicted octanol–water partition coefficient (Wildman–Crippen LogP) is 3.26. The van der Waals surface area contributed by atoms with Crippen LogP contribution in [-0.4, -0.2) is 39.3 Å². The summed E-state index contributed by atoms with van der Waals surface area (Å²) in [5.41, 5.74) is 6.05. The second-order valence-corrected chi connectivity index (χ2v) is 7.87. The van der Waals surface area contributed by atoms with E-state index >= 15 is 0 Å². The van der Waals surface area contributed by atoms with E-state index < -0.39 is 10.1 Å². The Balaban J connectivity index is 2.17. The van der Waals surface area contributed by atoms with Crippen molar-refractivity contribution in [3.05, 3.63) is 52.0 Å². The molecule has 0 spiro atoms. The van der Waals surface area contributed by atoms with E-state index in [2.05, 4.69) is 11.8 Å². The Hall–Kier alpha value is -2.49. The standard InChI is InChI=1S/C17H18Cl2N4O4S/c1-11-8-12(26-7-6-23(22-2)17(20)21)10-13(9-11)27-28(24,25)15-5-3-4-14(18)16(15)19/h3-5,8-10H,2,6-7H2,1H3,(H3,20,21). The molecule has 0 amide bonds. The summed E-state index contributed by atoms with van der Waals surface area (Å²) in [6.07, 6.45) is 0. The maximum atomic E-state index is 12.5. The summed E-state index contributed by atoms with van der Waals surface area (Å²) in [5, 5.41) is 12.0. The first-order chi connectivity index (χ1) is 13.1. The second-order valence-electron chi connectivity index (χ2n) is 5.57. The molecule has 0 aliphatic heterocycles. The largest absolute Gasteiger partial charge is 0.492 e. The minimum atomic E-state index is -4.20. The summed E-state index contributed by atoms with van der Waals surface area (Å²) in [4.78, 5) is -0.236. The van der Waals surface area contributed by atoms with Crippen molar-refractivity contribution in [1.82, 2.24) is 5.01 Å². The van der Waals surface area contributed by atoms with Crippen LogP contribution in [0.3, 0.4) is 0 Å². The van der Waals surface area contributed by atoms with Gasteiger partial charge in [-0.2, -0.15) is 13.5 Å². The third kappa shape index (κ3) is 5.51. The van der Waals surface area contributed by atoms with Gasteiger partial charge in [0.05, 0.1) is 16.6 Å². The summed E-state index contributed by atoms with van der Waals surface area (Å²) in [7, 11) is -4.20. The molecular weight excluding hydrogens is 427 g/mol. The normalized spacial score (nSPS) is 11.0. The number of benzene rings is 2. The summed E-state index contributed by atoms with van der Waals surface area (Å²) in [5.74, 6) is 0.155. The number of aryl methyl sites for hydroxylation is 1. The number of nitrogens with one attached hydrogen (secondary N) is 1. The fraction of sp³-hybridized carbons (Fsp3) is 0.176. The Labute approximate surface area is 173 Å². The average molecular weight is 445 g/mol. The third-order valence-corrected chi connectivity index (χ3v) is 5.66. The Kier molecular flexibility index (Phi) is 7.11. The zero-order valence-electron chi connectivity index (χ0n) is 14.9. The molecule has 11 heteroatoms.